The topological polar surface area (TPSA) is 53.7 Å². The van der Waals surface area contributed by atoms with Gasteiger partial charge in [-0.3, -0.25) is 4.84 Å². The Morgan fingerprint density at radius 3 is 2.80 bits per heavy atom. The molecule has 1 aliphatic rings. The first kappa shape index (κ1) is 10.5. The predicted octanol–water partition coefficient (Wildman–Crippen LogP) is 2.19. The minimum Gasteiger partial charge on any atom is -0.454 e. The quantitative estimate of drug-likeness (QED) is 0.790. The van der Waals surface area contributed by atoms with Gasteiger partial charge in [-0.25, -0.2) is 5.90 Å². The maximum absolute atomic E-state index is 6.04. The second-order valence-corrected chi connectivity index (χ2v) is 4.23. The molecule has 0 aliphatic carbocycles. The normalized spacial score (nSPS) is 14.4. The van der Waals surface area contributed by atoms with E-state index in [1.54, 1.807) is 6.07 Å². The molecule has 15 heavy (non-hydrogen) atoms. The van der Waals surface area contributed by atoms with Gasteiger partial charge in [0.2, 0.25) is 6.79 Å². The molecule has 0 spiro atoms. The average Bonchev–Trinajstić information content (AvgIpc) is 2.66. The van der Waals surface area contributed by atoms with Crippen molar-refractivity contribution < 1.29 is 14.3 Å². The minimum absolute atomic E-state index is 0.197. The summed E-state index contributed by atoms with van der Waals surface area (Å²) in [6.45, 7) is 3.89. The van der Waals surface area contributed by atoms with Crippen molar-refractivity contribution in [3.63, 3.8) is 0 Å². The molecule has 1 aromatic rings. The van der Waals surface area contributed by atoms with Gasteiger partial charge in [-0.1, -0.05) is 11.6 Å². The standard InChI is InChI=1S/C10H12ClNO3/c1-10(2,15-12)6-3-7(11)9-8(4-6)13-5-14-9/h3-4H,5,12H2,1-2H3. The van der Waals surface area contributed by atoms with Gasteiger partial charge in [-0.05, 0) is 31.5 Å². The van der Waals surface area contributed by atoms with Crippen molar-refractivity contribution in [1.82, 2.24) is 0 Å². The Kier molecular flexibility index (Phi) is 2.50. The van der Waals surface area contributed by atoms with Crippen molar-refractivity contribution in [2.45, 2.75) is 19.4 Å². The third-order valence-corrected chi connectivity index (χ3v) is 2.70. The lowest BCUT2D eigenvalue weighted by Crippen LogP contribution is -2.25. The van der Waals surface area contributed by atoms with Crippen molar-refractivity contribution in [3.8, 4) is 11.5 Å². The summed E-state index contributed by atoms with van der Waals surface area (Å²) in [7, 11) is 0. The molecular formula is C10H12ClNO3. The summed E-state index contributed by atoms with van der Waals surface area (Å²) in [6.07, 6.45) is 0. The summed E-state index contributed by atoms with van der Waals surface area (Å²) in [4.78, 5) is 4.88. The van der Waals surface area contributed by atoms with Gasteiger partial charge in [0.05, 0.1) is 5.02 Å². The molecular weight excluding hydrogens is 218 g/mol. The molecule has 0 fully saturated rings. The Bertz CT molecular complexity index is 392. The van der Waals surface area contributed by atoms with E-state index in [1.807, 2.05) is 19.9 Å². The van der Waals surface area contributed by atoms with E-state index >= 15 is 0 Å². The number of halogens is 1. The van der Waals surface area contributed by atoms with Gasteiger partial charge >= 0.3 is 0 Å². The van der Waals surface area contributed by atoms with Crippen LogP contribution in [0, 0.1) is 0 Å². The number of hydrogen-bond donors (Lipinski definition) is 1. The highest BCUT2D eigenvalue weighted by Crippen LogP contribution is 2.42. The van der Waals surface area contributed by atoms with E-state index in [4.69, 9.17) is 31.8 Å². The number of ether oxygens (including phenoxy) is 2. The van der Waals surface area contributed by atoms with E-state index in [1.165, 1.54) is 0 Å². The summed E-state index contributed by atoms with van der Waals surface area (Å²) in [5, 5.41) is 0.505. The van der Waals surface area contributed by atoms with Gasteiger partial charge in [-0.15, -0.1) is 0 Å². The summed E-state index contributed by atoms with van der Waals surface area (Å²) < 4.78 is 10.5. The highest BCUT2D eigenvalue weighted by Gasteiger charge is 2.26. The van der Waals surface area contributed by atoms with Crippen LogP contribution >= 0.6 is 11.6 Å². The zero-order chi connectivity index (χ0) is 11.1. The van der Waals surface area contributed by atoms with Crippen LogP contribution in [0.5, 0.6) is 11.5 Å². The number of benzene rings is 1. The van der Waals surface area contributed by atoms with Gasteiger partial charge in [0.25, 0.3) is 0 Å². The lowest BCUT2D eigenvalue weighted by atomic mass is 9.98. The molecule has 0 radical (unpaired) electrons. The molecule has 82 valence electrons. The Morgan fingerprint density at radius 1 is 1.40 bits per heavy atom. The molecule has 2 N–H and O–H groups in total. The molecule has 1 aromatic carbocycles. The largest absolute Gasteiger partial charge is 0.454 e. The van der Waals surface area contributed by atoms with Crippen LogP contribution in [0.15, 0.2) is 12.1 Å². The van der Waals surface area contributed by atoms with Crippen LogP contribution in [0.2, 0.25) is 5.02 Å². The first-order valence-corrected chi connectivity index (χ1v) is 4.90. The van der Waals surface area contributed by atoms with E-state index in [0.29, 0.717) is 16.5 Å². The fraction of sp³-hybridized carbons (Fsp3) is 0.400. The minimum atomic E-state index is -0.607. The lowest BCUT2D eigenvalue weighted by molar-refractivity contribution is -0.0237. The van der Waals surface area contributed by atoms with Gasteiger partial charge in [0, 0.05) is 0 Å². The van der Waals surface area contributed by atoms with Crippen LogP contribution in [0.25, 0.3) is 0 Å². The lowest BCUT2D eigenvalue weighted by Gasteiger charge is -2.22. The molecule has 2 rings (SSSR count). The molecule has 4 nitrogen and oxygen atoms in total. The first-order chi connectivity index (χ1) is 7.04. The third kappa shape index (κ3) is 1.76. The number of nitrogens with two attached hydrogens (primary N) is 1. The fourth-order valence-electron chi connectivity index (χ4n) is 1.38. The van der Waals surface area contributed by atoms with E-state index in [2.05, 4.69) is 0 Å². The second-order valence-electron chi connectivity index (χ2n) is 3.82. The summed E-state index contributed by atoms with van der Waals surface area (Å²) in [6, 6.07) is 3.59. The third-order valence-electron chi connectivity index (χ3n) is 2.42. The molecule has 1 aliphatic heterocycles. The Balaban J connectivity index is 2.48. The zero-order valence-corrected chi connectivity index (χ0v) is 9.30. The van der Waals surface area contributed by atoms with Gasteiger partial charge in [0.1, 0.15) is 5.60 Å². The molecule has 0 saturated heterocycles. The van der Waals surface area contributed by atoms with Crippen LogP contribution in [-0.4, -0.2) is 6.79 Å². The molecule has 1 heterocycles. The maximum Gasteiger partial charge on any atom is 0.231 e. The Morgan fingerprint density at radius 2 is 2.13 bits per heavy atom. The SMILES string of the molecule is CC(C)(ON)c1cc(Cl)c2c(c1)OCO2. The molecule has 0 aromatic heterocycles. The van der Waals surface area contributed by atoms with Crippen LogP contribution in [0.3, 0.4) is 0 Å². The van der Waals surface area contributed by atoms with Crippen molar-refractivity contribution in [1.29, 1.82) is 0 Å². The monoisotopic (exact) mass is 229 g/mol. The second kappa shape index (κ2) is 3.56. The number of rotatable bonds is 2. The van der Waals surface area contributed by atoms with E-state index in [9.17, 15) is 0 Å². The molecule has 5 heteroatoms. The summed E-state index contributed by atoms with van der Waals surface area (Å²) >= 11 is 6.04. The zero-order valence-electron chi connectivity index (χ0n) is 8.54. The van der Waals surface area contributed by atoms with Crippen LogP contribution in [0.1, 0.15) is 19.4 Å². The first-order valence-electron chi connectivity index (χ1n) is 4.52. The fourth-order valence-corrected chi connectivity index (χ4v) is 1.65. The van der Waals surface area contributed by atoms with Gasteiger partial charge in [-0.2, -0.15) is 0 Å². The molecule has 0 unspecified atom stereocenters. The van der Waals surface area contributed by atoms with Gasteiger partial charge in [0.15, 0.2) is 11.5 Å². The van der Waals surface area contributed by atoms with Crippen LogP contribution in [0.4, 0.5) is 0 Å². The highest BCUT2D eigenvalue weighted by molar-refractivity contribution is 6.32. The molecule has 0 amide bonds. The highest BCUT2D eigenvalue weighted by atomic mass is 35.5. The molecule has 0 saturated carbocycles. The van der Waals surface area contributed by atoms with E-state index in [-0.39, 0.29) is 6.79 Å². The van der Waals surface area contributed by atoms with Crippen LogP contribution < -0.4 is 15.4 Å². The molecule has 0 atom stereocenters. The Hall–Kier alpha value is -0.970. The van der Waals surface area contributed by atoms with Crippen molar-refractivity contribution in [3.05, 3.63) is 22.7 Å². The van der Waals surface area contributed by atoms with E-state index < -0.39 is 5.60 Å². The number of fused-ring (bicyclic) bond motifs is 1. The predicted molar refractivity (Wildman–Crippen MR) is 55.9 cm³/mol. The smallest absolute Gasteiger partial charge is 0.231 e. The van der Waals surface area contributed by atoms with Crippen LogP contribution in [-0.2, 0) is 10.4 Å². The maximum atomic E-state index is 6.04. The molecule has 0 bridgehead atoms. The van der Waals surface area contributed by atoms with Crippen molar-refractivity contribution in [2.75, 3.05) is 6.79 Å². The van der Waals surface area contributed by atoms with Crippen molar-refractivity contribution in [2.24, 2.45) is 5.90 Å². The van der Waals surface area contributed by atoms with Gasteiger partial charge < -0.3 is 9.47 Å². The average molecular weight is 230 g/mol. The van der Waals surface area contributed by atoms with Crippen molar-refractivity contribution >= 4 is 11.6 Å². The number of hydrogen-bond acceptors (Lipinski definition) is 4. The van der Waals surface area contributed by atoms with E-state index in [0.717, 1.165) is 5.56 Å². The Labute approximate surface area is 92.8 Å². The summed E-state index contributed by atoms with van der Waals surface area (Å²) in [5.41, 5.74) is 0.240. The summed E-state index contributed by atoms with van der Waals surface area (Å²) in [5.74, 6) is 6.42.